The Hall–Kier alpha value is -10.4. The van der Waals surface area contributed by atoms with Crippen LogP contribution in [0.1, 0.15) is 40.3 Å². The van der Waals surface area contributed by atoms with E-state index in [2.05, 4.69) is 283 Å². The van der Waals surface area contributed by atoms with Gasteiger partial charge < -0.3 is 9.47 Å². The third-order valence-electron chi connectivity index (χ3n) is 16.4. The summed E-state index contributed by atoms with van der Waals surface area (Å²) in [5.74, 6) is 0. The standard InChI is InChI=1S/C76H50N4S/c1-2-18-50-19-17-24-59(41-50)80-72-30-13-10-26-64(72)67-45-52(34-39-73(67)80)53-42-54(66-46-55(71-29-15-16-40-78-71)47-68-65-27-11-14-31-74(65)81-75(66)68)44-61(43-53)79(58-35-32-51(49-77)33-36-58)60-37-38-63-62-25-9-12-28-69(62)76(70(63)48-60,56-20-5-3-6-21-56)57-22-7-4-8-23-57/h2-48H,1H3/b18-2+. The molecule has 3 heterocycles. The van der Waals surface area contributed by atoms with Gasteiger partial charge in [0.1, 0.15) is 0 Å². The molecular formula is C76H50N4S. The van der Waals surface area contributed by atoms with Crippen LogP contribution in [0.2, 0.25) is 0 Å². The van der Waals surface area contributed by atoms with Crippen LogP contribution in [-0.4, -0.2) is 9.55 Å². The first kappa shape index (κ1) is 47.8. The summed E-state index contributed by atoms with van der Waals surface area (Å²) >= 11 is 1.84. The van der Waals surface area contributed by atoms with E-state index in [1.807, 2.05) is 35.7 Å². The van der Waals surface area contributed by atoms with E-state index >= 15 is 0 Å². The summed E-state index contributed by atoms with van der Waals surface area (Å²) in [6, 6.07) is 99.6. The van der Waals surface area contributed by atoms with Gasteiger partial charge in [-0.15, -0.1) is 11.3 Å². The van der Waals surface area contributed by atoms with Crippen LogP contribution in [0.25, 0.3) is 98.4 Å². The average molecular weight is 1050 g/mol. The molecule has 0 spiro atoms. The minimum absolute atomic E-state index is 0.601. The van der Waals surface area contributed by atoms with Crippen molar-refractivity contribution >= 4 is 76.5 Å². The second-order valence-corrected chi connectivity index (χ2v) is 22.0. The van der Waals surface area contributed by atoms with Crippen LogP contribution in [0.15, 0.2) is 279 Å². The molecular weight excluding hydrogens is 1000 g/mol. The van der Waals surface area contributed by atoms with Gasteiger partial charge in [-0.2, -0.15) is 5.26 Å². The van der Waals surface area contributed by atoms with Crippen molar-refractivity contribution in [3.05, 3.63) is 313 Å². The molecule has 0 fully saturated rings. The molecule has 81 heavy (non-hydrogen) atoms. The lowest BCUT2D eigenvalue weighted by Crippen LogP contribution is -2.28. The van der Waals surface area contributed by atoms with Gasteiger partial charge in [0.05, 0.1) is 33.8 Å². The normalized spacial score (nSPS) is 12.5. The Labute approximate surface area is 474 Å². The van der Waals surface area contributed by atoms with E-state index in [0.29, 0.717) is 5.56 Å². The van der Waals surface area contributed by atoms with Gasteiger partial charge in [-0.05, 0) is 178 Å². The third-order valence-corrected chi connectivity index (χ3v) is 17.6. The number of rotatable bonds is 10. The third kappa shape index (κ3) is 7.83. The lowest BCUT2D eigenvalue weighted by molar-refractivity contribution is 0.768. The van der Waals surface area contributed by atoms with Gasteiger partial charge in [0.15, 0.2) is 0 Å². The van der Waals surface area contributed by atoms with E-state index in [1.165, 1.54) is 64.3 Å². The predicted molar refractivity (Wildman–Crippen MR) is 339 cm³/mol. The topological polar surface area (TPSA) is 44.9 Å². The fourth-order valence-corrected chi connectivity index (χ4v) is 14.1. The molecule has 0 radical (unpaired) electrons. The van der Waals surface area contributed by atoms with Crippen LogP contribution in [0.4, 0.5) is 17.1 Å². The number of thiophene rings is 1. The summed E-state index contributed by atoms with van der Waals surface area (Å²) < 4.78 is 4.85. The van der Waals surface area contributed by atoms with Crippen molar-refractivity contribution in [2.24, 2.45) is 0 Å². The van der Waals surface area contributed by atoms with E-state index < -0.39 is 5.41 Å². The van der Waals surface area contributed by atoms with Gasteiger partial charge >= 0.3 is 0 Å². The van der Waals surface area contributed by atoms with E-state index in [9.17, 15) is 5.26 Å². The molecule has 0 saturated carbocycles. The lowest BCUT2D eigenvalue weighted by atomic mass is 9.67. The van der Waals surface area contributed by atoms with Crippen molar-refractivity contribution in [1.29, 1.82) is 5.26 Å². The maximum absolute atomic E-state index is 10.2. The molecule has 14 aromatic rings. The Balaban J connectivity index is 1.02. The molecule has 0 bridgehead atoms. The summed E-state index contributed by atoms with van der Waals surface area (Å²) in [7, 11) is 0. The first-order valence-electron chi connectivity index (χ1n) is 27.5. The molecule has 0 aliphatic heterocycles. The van der Waals surface area contributed by atoms with Crippen molar-refractivity contribution in [1.82, 2.24) is 9.55 Å². The van der Waals surface area contributed by atoms with Crippen LogP contribution in [-0.2, 0) is 5.41 Å². The molecule has 5 heteroatoms. The molecule has 11 aromatic carbocycles. The molecule has 3 aromatic heterocycles. The van der Waals surface area contributed by atoms with Crippen molar-refractivity contribution in [3.8, 4) is 56.4 Å². The summed E-state index contributed by atoms with van der Waals surface area (Å²) in [5.41, 5.74) is 21.1. The average Bonchev–Trinajstić information content (AvgIpc) is 3.26. The van der Waals surface area contributed by atoms with E-state index in [1.54, 1.807) is 0 Å². The molecule has 380 valence electrons. The van der Waals surface area contributed by atoms with Gasteiger partial charge in [-0.25, -0.2) is 0 Å². The zero-order valence-corrected chi connectivity index (χ0v) is 45.1. The minimum Gasteiger partial charge on any atom is -0.310 e. The molecule has 0 amide bonds. The largest absolute Gasteiger partial charge is 0.310 e. The predicted octanol–water partition coefficient (Wildman–Crippen LogP) is 20.3. The Bertz CT molecular complexity index is 4790. The highest BCUT2D eigenvalue weighted by atomic mass is 32.1. The maximum atomic E-state index is 10.2. The van der Waals surface area contributed by atoms with Gasteiger partial charge in [0, 0.05) is 71.0 Å². The highest BCUT2D eigenvalue weighted by Gasteiger charge is 2.46. The van der Waals surface area contributed by atoms with E-state index in [4.69, 9.17) is 4.98 Å². The summed E-state index contributed by atoms with van der Waals surface area (Å²) in [6.45, 7) is 2.06. The summed E-state index contributed by atoms with van der Waals surface area (Å²) in [5, 5.41) is 15.0. The number of allylic oxidation sites excluding steroid dienone is 1. The van der Waals surface area contributed by atoms with Crippen LogP contribution < -0.4 is 4.90 Å². The van der Waals surface area contributed by atoms with Crippen molar-refractivity contribution in [2.75, 3.05) is 4.90 Å². The molecule has 0 atom stereocenters. The van der Waals surface area contributed by atoms with Crippen LogP contribution in [0.5, 0.6) is 0 Å². The Kier molecular flexibility index (Phi) is 11.5. The second kappa shape index (κ2) is 19.5. The lowest BCUT2D eigenvalue weighted by Gasteiger charge is -2.35. The van der Waals surface area contributed by atoms with Crippen LogP contribution in [0, 0.1) is 11.3 Å². The fourth-order valence-electron chi connectivity index (χ4n) is 12.9. The molecule has 0 saturated heterocycles. The number of pyridine rings is 1. The quantitative estimate of drug-likeness (QED) is 0.137. The van der Waals surface area contributed by atoms with E-state index in [-0.39, 0.29) is 0 Å². The molecule has 1 aliphatic rings. The number of nitriles is 1. The summed E-state index contributed by atoms with van der Waals surface area (Å²) in [4.78, 5) is 7.31. The van der Waals surface area contributed by atoms with Gasteiger partial charge in [0.2, 0.25) is 0 Å². The molecule has 4 nitrogen and oxygen atoms in total. The van der Waals surface area contributed by atoms with Crippen molar-refractivity contribution < 1.29 is 0 Å². The number of hydrogen-bond acceptors (Lipinski definition) is 4. The number of benzene rings is 11. The number of aromatic nitrogens is 2. The zero-order valence-electron chi connectivity index (χ0n) is 44.3. The SMILES string of the molecule is C/C=C/c1cccc(-n2c3ccccc3c3cc(-c4cc(-c5cc(-c6ccccn6)cc6c5sc5ccccc56)cc(N(c5ccc(C#N)cc5)c5ccc6c(c5)C(c5ccccc5)(c5ccccc5)c5ccccc5-6)c4)ccc32)c1. The number of anilines is 3. The van der Waals surface area contributed by atoms with Gasteiger partial charge in [0.25, 0.3) is 0 Å². The Morgan fingerprint density at radius 1 is 0.469 bits per heavy atom. The van der Waals surface area contributed by atoms with E-state index in [0.717, 1.165) is 72.9 Å². The van der Waals surface area contributed by atoms with Crippen LogP contribution in [0.3, 0.4) is 0 Å². The molecule has 15 rings (SSSR count). The highest BCUT2D eigenvalue weighted by Crippen LogP contribution is 2.58. The van der Waals surface area contributed by atoms with Gasteiger partial charge in [-0.3, -0.25) is 4.98 Å². The number of nitrogens with zero attached hydrogens (tertiary/aromatic N) is 4. The summed E-state index contributed by atoms with van der Waals surface area (Å²) in [6.07, 6.45) is 6.13. The van der Waals surface area contributed by atoms with Gasteiger partial charge in [-0.1, -0.05) is 164 Å². The van der Waals surface area contributed by atoms with Crippen molar-refractivity contribution in [2.45, 2.75) is 12.3 Å². The number of fused-ring (bicyclic) bond motifs is 9. The first-order chi connectivity index (χ1) is 40.0. The Morgan fingerprint density at radius 2 is 1.16 bits per heavy atom. The fraction of sp³-hybridized carbons (Fsp3) is 0.0263. The molecule has 0 N–H and O–H groups in total. The second-order valence-electron chi connectivity index (χ2n) is 20.9. The maximum Gasteiger partial charge on any atom is 0.0991 e. The number of hydrogen-bond donors (Lipinski definition) is 0. The zero-order chi connectivity index (χ0) is 54.0. The monoisotopic (exact) mass is 1050 g/mol. The minimum atomic E-state index is -0.616. The molecule has 0 unspecified atom stereocenters. The van der Waals surface area contributed by atoms with Crippen molar-refractivity contribution in [3.63, 3.8) is 0 Å². The first-order valence-corrected chi connectivity index (χ1v) is 28.3. The smallest absolute Gasteiger partial charge is 0.0991 e. The Morgan fingerprint density at radius 3 is 1.95 bits per heavy atom. The highest BCUT2D eigenvalue weighted by molar-refractivity contribution is 7.26. The van der Waals surface area contributed by atoms with Crippen LogP contribution >= 0.6 is 11.3 Å². The molecule has 1 aliphatic carbocycles. The number of para-hydroxylation sites is 1.